The van der Waals surface area contributed by atoms with Gasteiger partial charge in [-0.3, -0.25) is 9.52 Å². The molecule has 0 aromatic heterocycles. The van der Waals surface area contributed by atoms with E-state index in [1.807, 2.05) is 51.1 Å². The second-order valence-corrected chi connectivity index (χ2v) is 9.43. The molecule has 2 fully saturated rings. The summed E-state index contributed by atoms with van der Waals surface area (Å²) in [5.41, 5.74) is 0.903. The van der Waals surface area contributed by atoms with E-state index in [4.69, 9.17) is 4.74 Å². The van der Waals surface area contributed by atoms with Gasteiger partial charge in [0.25, 0.3) is 0 Å². The lowest BCUT2D eigenvalue weighted by Gasteiger charge is -2.24. The third-order valence-corrected chi connectivity index (χ3v) is 6.68. The smallest absolute Gasteiger partial charge is 0.237 e. The van der Waals surface area contributed by atoms with Gasteiger partial charge >= 0.3 is 0 Å². The Morgan fingerprint density at radius 2 is 1.96 bits per heavy atom. The minimum Gasteiger partial charge on any atom is -0.377 e. The average molecular weight is 351 g/mol. The molecule has 0 spiro atoms. The molecule has 1 aliphatic carbocycles. The van der Waals surface area contributed by atoms with Crippen LogP contribution in [0.2, 0.25) is 0 Å². The molecule has 0 bridgehead atoms. The zero-order valence-electron chi connectivity index (χ0n) is 14.4. The molecule has 1 heterocycles. The van der Waals surface area contributed by atoms with Gasteiger partial charge in [0.2, 0.25) is 15.9 Å². The maximum absolute atomic E-state index is 12.4. The predicted molar refractivity (Wildman–Crippen MR) is 91.9 cm³/mol. The molecule has 1 saturated heterocycles. The van der Waals surface area contributed by atoms with Crippen LogP contribution in [0, 0.1) is 17.3 Å². The Bertz CT molecular complexity index is 714. The Kier molecular flexibility index (Phi) is 4.47. The van der Waals surface area contributed by atoms with Gasteiger partial charge in [-0.15, -0.1) is 0 Å². The molecule has 1 aromatic carbocycles. The van der Waals surface area contributed by atoms with Gasteiger partial charge in [-0.05, 0) is 29.2 Å². The van der Waals surface area contributed by atoms with Crippen molar-refractivity contribution in [1.29, 1.82) is 0 Å². The van der Waals surface area contributed by atoms with E-state index in [1.165, 1.54) is 0 Å². The van der Waals surface area contributed by atoms with Crippen LogP contribution in [0.1, 0.15) is 38.7 Å². The van der Waals surface area contributed by atoms with Crippen molar-refractivity contribution < 1.29 is 17.9 Å². The Morgan fingerprint density at radius 1 is 1.29 bits per heavy atom. The van der Waals surface area contributed by atoms with Gasteiger partial charge < -0.3 is 4.74 Å². The lowest BCUT2D eigenvalue weighted by Crippen LogP contribution is -2.41. The van der Waals surface area contributed by atoms with E-state index in [0.717, 1.165) is 12.0 Å². The number of carbonyl (C=O) groups is 1. The van der Waals surface area contributed by atoms with Crippen molar-refractivity contribution in [3.63, 3.8) is 0 Å². The first-order valence-electron chi connectivity index (χ1n) is 8.42. The third kappa shape index (κ3) is 3.49. The van der Waals surface area contributed by atoms with E-state index in [9.17, 15) is 13.2 Å². The molecule has 5 nitrogen and oxygen atoms in total. The molecule has 1 saturated carbocycles. The van der Waals surface area contributed by atoms with E-state index in [2.05, 4.69) is 4.72 Å². The first-order valence-corrected chi connectivity index (χ1v) is 10.1. The molecule has 1 amide bonds. The highest BCUT2D eigenvalue weighted by Crippen LogP contribution is 2.53. The Hall–Kier alpha value is -1.40. The monoisotopic (exact) mass is 351 g/mol. The fourth-order valence-electron chi connectivity index (χ4n) is 3.64. The van der Waals surface area contributed by atoms with Gasteiger partial charge in [-0.2, -0.15) is 0 Å². The molecule has 4 atom stereocenters. The number of nitrogens with one attached hydrogen (secondary N) is 1. The SMILES string of the molecule is CC1C(C(=O)NS(=O)(=O)CC2OCCC2(C)C)C1c1ccccc1. The highest BCUT2D eigenvalue weighted by atomic mass is 32.2. The number of rotatable bonds is 5. The largest absolute Gasteiger partial charge is 0.377 e. The van der Waals surface area contributed by atoms with E-state index >= 15 is 0 Å². The Labute approximate surface area is 143 Å². The van der Waals surface area contributed by atoms with Crippen LogP contribution in [-0.2, 0) is 19.6 Å². The molecule has 1 aliphatic heterocycles. The van der Waals surface area contributed by atoms with E-state index < -0.39 is 15.9 Å². The Balaban J connectivity index is 1.62. The summed E-state index contributed by atoms with van der Waals surface area (Å²) in [4.78, 5) is 12.4. The summed E-state index contributed by atoms with van der Waals surface area (Å²) < 4.78 is 32.5. The van der Waals surface area contributed by atoms with Crippen LogP contribution in [0.5, 0.6) is 0 Å². The molecular formula is C18H25NO4S. The minimum absolute atomic E-state index is 0.0978. The van der Waals surface area contributed by atoms with Gasteiger partial charge in [-0.1, -0.05) is 51.1 Å². The summed E-state index contributed by atoms with van der Waals surface area (Å²) in [6, 6.07) is 9.77. The quantitative estimate of drug-likeness (QED) is 0.883. The van der Waals surface area contributed by atoms with Crippen molar-refractivity contribution in [3.05, 3.63) is 35.9 Å². The molecule has 2 aliphatic rings. The third-order valence-electron chi connectivity index (χ3n) is 5.43. The molecule has 0 radical (unpaired) electrons. The van der Waals surface area contributed by atoms with Gasteiger partial charge in [-0.25, -0.2) is 8.42 Å². The molecule has 6 heteroatoms. The molecule has 1 N–H and O–H groups in total. The maximum atomic E-state index is 12.4. The molecule has 3 rings (SSSR count). The Morgan fingerprint density at radius 3 is 2.54 bits per heavy atom. The second-order valence-electron chi connectivity index (χ2n) is 7.67. The number of hydrogen-bond acceptors (Lipinski definition) is 4. The van der Waals surface area contributed by atoms with Gasteiger partial charge in [0.1, 0.15) is 0 Å². The normalized spacial score (nSPS) is 31.6. The number of ether oxygens (including phenoxy) is 1. The number of amides is 1. The average Bonchev–Trinajstić information content (AvgIpc) is 3.07. The number of sulfonamides is 1. The lowest BCUT2D eigenvalue weighted by molar-refractivity contribution is -0.120. The molecule has 1 aromatic rings. The first kappa shape index (κ1) is 17.4. The predicted octanol–water partition coefficient (Wildman–Crippen LogP) is 2.30. The fourth-order valence-corrected chi connectivity index (χ4v) is 5.11. The molecule has 4 unspecified atom stereocenters. The topological polar surface area (TPSA) is 72.5 Å². The zero-order valence-corrected chi connectivity index (χ0v) is 15.2. The minimum atomic E-state index is -3.69. The van der Waals surface area contributed by atoms with Crippen LogP contribution >= 0.6 is 0 Å². The van der Waals surface area contributed by atoms with Crippen molar-refractivity contribution in [2.75, 3.05) is 12.4 Å². The van der Waals surface area contributed by atoms with Crippen molar-refractivity contribution in [1.82, 2.24) is 4.72 Å². The summed E-state index contributed by atoms with van der Waals surface area (Å²) in [5.74, 6) is -0.586. The van der Waals surface area contributed by atoms with Crippen molar-refractivity contribution >= 4 is 15.9 Å². The van der Waals surface area contributed by atoms with Crippen LogP contribution in [0.15, 0.2) is 30.3 Å². The van der Waals surface area contributed by atoms with E-state index in [0.29, 0.717) is 6.61 Å². The van der Waals surface area contributed by atoms with Crippen molar-refractivity contribution in [3.8, 4) is 0 Å². The summed E-state index contributed by atoms with van der Waals surface area (Å²) in [7, 11) is -3.69. The summed E-state index contributed by atoms with van der Waals surface area (Å²) >= 11 is 0. The van der Waals surface area contributed by atoms with Crippen molar-refractivity contribution in [2.45, 2.75) is 39.2 Å². The van der Waals surface area contributed by atoms with Crippen LogP contribution in [0.3, 0.4) is 0 Å². The van der Waals surface area contributed by atoms with E-state index in [-0.39, 0.29) is 35.0 Å². The van der Waals surface area contributed by atoms with E-state index in [1.54, 1.807) is 0 Å². The highest BCUT2D eigenvalue weighted by Gasteiger charge is 2.53. The lowest BCUT2D eigenvalue weighted by atomic mass is 9.87. The summed E-state index contributed by atoms with van der Waals surface area (Å²) in [6.07, 6.45) is 0.459. The van der Waals surface area contributed by atoms with Gasteiger partial charge in [0.15, 0.2) is 0 Å². The van der Waals surface area contributed by atoms with Crippen LogP contribution < -0.4 is 4.72 Å². The summed E-state index contributed by atoms with van der Waals surface area (Å²) in [6.45, 7) is 6.54. The van der Waals surface area contributed by atoms with Crippen LogP contribution in [-0.4, -0.2) is 32.8 Å². The molecule has 132 valence electrons. The second kappa shape index (κ2) is 6.15. The number of carbonyl (C=O) groups excluding carboxylic acids is 1. The van der Waals surface area contributed by atoms with Crippen molar-refractivity contribution in [2.24, 2.45) is 17.3 Å². The molecule has 24 heavy (non-hydrogen) atoms. The highest BCUT2D eigenvalue weighted by molar-refractivity contribution is 7.90. The fraction of sp³-hybridized carbons (Fsp3) is 0.611. The first-order chi connectivity index (χ1) is 11.2. The van der Waals surface area contributed by atoms with Crippen LogP contribution in [0.4, 0.5) is 0 Å². The zero-order chi connectivity index (χ0) is 17.5. The summed E-state index contributed by atoms with van der Waals surface area (Å²) in [5, 5.41) is 0. The van der Waals surface area contributed by atoms with Gasteiger partial charge in [0, 0.05) is 12.5 Å². The number of hydrogen-bond donors (Lipinski definition) is 1. The maximum Gasteiger partial charge on any atom is 0.237 e. The standard InChI is InChI=1S/C18H25NO4S/c1-12-15(13-7-5-4-6-8-13)16(12)17(20)19-24(21,22)11-14-18(2,3)9-10-23-14/h4-8,12,14-16H,9-11H2,1-3H3,(H,19,20). The number of benzene rings is 1. The molecular weight excluding hydrogens is 326 g/mol. The van der Waals surface area contributed by atoms with Crippen LogP contribution in [0.25, 0.3) is 0 Å². The van der Waals surface area contributed by atoms with Gasteiger partial charge in [0.05, 0.1) is 11.9 Å².